The van der Waals surface area contributed by atoms with Crippen molar-refractivity contribution in [1.82, 2.24) is 0 Å². The van der Waals surface area contributed by atoms with Crippen molar-refractivity contribution in [2.24, 2.45) is 0 Å². The molecule has 20 heavy (non-hydrogen) atoms. The Kier molecular flexibility index (Phi) is 4.66. The van der Waals surface area contributed by atoms with Crippen molar-refractivity contribution in [3.63, 3.8) is 0 Å². The Labute approximate surface area is 142 Å². The molecular weight excluding hydrogens is 359 g/mol. The standard InChI is InChI=1S/C12H7Cl3N2OS2/c13-12(14,15)10-7-8(17(19)20)4-5-9(10)11-3-1-2-6-16(11)18/h1-7H. The van der Waals surface area contributed by atoms with Crippen LogP contribution in [0.15, 0.2) is 42.6 Å². The molecule has 0 bridgehead atoms. The van der Waals surface area contributed by atoms with Gasteiger partial charge < -0.3 is 5.21 Å². The van der Waals surface area contributed by atoms with Gasteiger partial charge in [0.1, 0.15) is 0 Å². The molecule has 8 heteroatoms. The third-order valence-corrected chi connectivity index (χ3v) is 3.65. The first-order valence-electron chi connectivity index (χ1n) is 5.35. The Hall–Kier alpha value is -0.720. The van der Waals surface area contributed by atoms with Crippen LogP contribution >= 0.6 is 34.8 Å². The highest BCUT2D eigenvalue weighted by Crippen LogP contribution is 2.43. The molecule has 0 fully saturated rings. The van der Waals surface area contributed by atoms with E-state index in [0.717, 1.165) is 3.35 Å². The number of benzene rings is 1. The van der Waals surface area contributed by atoms with E-state index >= 15 is 0 Å². The first-order valence-corrected chi connectivity index (χ1v) is 7.21. The number of rotatable bonds is 2. The van der Waals surface area contributed by atoms with Crippen LogP contribution in [0.2, 0.25) is 0 Å². The second-order valence-corrected chi connectivity index (χ2v) is 7.14. The van der Waals surface area contributed by atoms with Gasteiger partial charge in [-0.3, -0.25) is 0 Å². The normalized spacial score (nSPS) is 11.3. The molecule has 0 saturated carbocycles. The average Bonchev–Trinajstić information content (AvgIpc) is 2.37. The number of halogens is 3. The van der Waals surface area contributed by atoms with Crippen LogP contribution in [0.25, 0.3) is 11.3 Å². The number of alkyl halides is 3. The minimum absolute atomic E-state index is 0.343. The zero-order chi connectivity index (χ0) is 14.9. The van der Waals surface area contributed by atoms with E-state index in [4.69, 9.17) is 60.0 Å². The lowest BCUT2D eigenvalue weighted by molar-refractivity contribution is -0.593. The van der Waals surface area contributed by atoms with Crippen LogP contribution in [0.4, 0.5) is 5.69 Å². The second-order valence-electron chi connectivity index (χ2n) is 3.90. The van der Waals surface area contributed by atoms with Gasteiger partial charge >= 0.3 is 0 Å². The van der Waals surface area contributed by atoms with Gasteiger partial charge in [0.05, 0.1) is 5.56 Å². The predicted octanol–water partition coefficient (Wildman–Crippen LogP) is 3.65. The fraction of sp³-hybridized carbons (Fsp3) is 0.0833. The molecule has 2 aromatic rings. The van der Waals surface area contributed by atoms with Crippen molar-refractivity contribution < 1.29 is 8.08 Å². The SMILES string of the molecule is [O-][n+]1ccccc1-c1ccc([N+](=S)[S-])cc1C(Cl)(Cl)Cl. The highest BCUT2D eigenvalue weighted by Gasteiger charge is 2.30. The Bertz CT molecular complexity index is 674. The highest BCUT2D eigenvalue weighted by molar-refractivity contribution is 7.58. The first-order chi connectivity index (χ1) is 9.30. The van der Waals surface area contributed by atoms with Crippen LogP contribution in [0.1, 0.15) is 5.56 Å². The molecule has 0 N–H and O–H groups in total. The maximum atomic E-state index is 11.9. The highest BCUT2D eigenvalue weighted by atomic mass is 35.6. The summed E-state index contributed by atoms with van der Waals surface area (Å²) in [6.07, 6.45) is 1.37. The summed E-state index contributed by atoms with van der Waals surface area (Å²) in [6.45, 7) is 0. The van der Waals surface area contributed by atoms with Gasteiger partial charge in [0, 0.05) is 29.8 Å². The molecule has 2 rings (SSSR count). The molecule has 0 unspecified atom stereocenters. The first kappa shape index (κ1) is 15.7. The monoisotopic (exact) mass is 364 g/mol. The molecule has 0 aliphatic heterocycles. The molecule has 1 aromatic heterocycles. The lowest BCUT2D eigenvalue weighted by atomic mass is 10.0. The van der Waals surface area contributed by atoms with Gasteiger partial charge in [0.2, 0.25) is 15.2 Å². The molecular formula is C12H7Cl3N2OS2. The van der Waals surface area contributed by atoms with Crippen LogP contribution in [0.3, 0.4) is 0 Å². The van der Waals surface area contributed by atoms with Gasteiger partial charge in [-0.15, -0.1) is 0 Å². The van der Waals surface area contributed by atoms with Crippen LogP contribution < -0.4 is 4.73 Å². The molecule has 1 aromatic carbocycles. The summed E-state index contributed by atoms with van der Waals surface area (Å²) in [6, 6.07) is 9.88. The van der Waals surface area contributed by atoms with E-state index < -0.39 is 3.79 Å². The number of hydrogen-bond donors (Lipinski definition) is 0. The Morgan fingerprint density at radius 2 is 1.90 bits per heavy atom. The van der Waals surface area contributed by atoms with Gasteiger partial charge in [0.25, 0.3) is 0 Å². The summed E-state index contributed by atoms with van der Waals surface area (Å²) < 4.78 is 0.0723. The second kappa shape index (κ2) is 5.95. The molecule has 1 heterocycles. The van der Waals surface area contributed by atoms with Crippen molar-refractivity contribution >= 4 is 65.7 Å². The molecule has 0 amide bonds. The average molecular weight is 366 g/mol. The van der Waals surface area contributed by atoms with Crippen LogP contribution in [-0.4, -0.2) is 3.35 Å². The summed E-state index contributed by atoms with van der Waals surface area (Å²) in [5.41, 5.74) is 1.75. The number of hydrogen-bond acceptors (Lipinski definition) is 3. The zero-order valence-corrected chi connectivity index (χ0v) is 13.7. The summed E-state index contributed by atoms with van der Waals surface area (Å²) in [5, 5.41) is 11.9. The Morgan fingerprint density at radius 3 is 2.45 bits per heavy atom. The lowest BCUT2D eigenvalue weighted by Gasteiger charge is -2.16. The molecule has 0 atom stereocenters. The molecule has 0 aliphatic carbocycles. The molecule has 0 radical (unpaired) electrons. The minimum atomic E-state index is -1.70. The molecule has 104 valence electrons. The van der Waals surface area contributed by atoms with Crippen molar-refractivity contribution in [2.75, 3.05) is 0 Å². The lowest BCUT2D eigenvalue weighted by Crippen LogP contribution is -2.28. The van der Waals surface area contributed by atoms with E-state index in [1.54, 1.807) is 36.4 Å². The smallest absolute Gasteiger partial charge is 0.224 e. The molecule has 3 nitrogen and oxygen atoms in total. The summed E-state index contributed by atoms with van der Waals surface area (Å²) in [7, 11) is 0. The summed E-state index contributed by atoms with van der Waals surface area (Å²) in [4.78, 5) is 0. The van der Waals surface area contributed by atoms with Crippen LogP contribution in [-0.2, 0) is 29.0 Å². The maximum absolute atomic E-state index is 11.9. The number of pyridine rings is 1. The number of nitrogens with zero attached hydrogens (tertiary/aromatic N) is 2. The maximum Gasteiger partial charge on any atom is 0.224 e. The van der Waals surface area contributed by atoms with Crippen molar-refractivity contribution in [3.05, 3.63) is 53.4 Å². The van der Waals surface area contributed by atoms with E-state index in [9.17, 15) is 5.21 Å². The third-order valence-electron chi connectivity index (χ3n) is 2.62. The molecule has 0 spiro atoms. The van der Waals surface area contributed by atoms with E-state index in [2.05, 4.69) is 0 Å². The van der Waals surface area contributed by atoms with Crippen molar-refractivity contribution in [1.29, 1.82) is 0 Å². The zero-order valence-electron chi connectivity index (χ0n) is 9.79. The largest absolute Gasteiger partial charge is 0.618 e. The third kappa shape index (κ3) is 3.30. The van der Waals surface area contributed by atoms with E-state index in [1.807, 2.05) is 0 Å². The molecule has 0 saturated heterocycles. The Balaban J connectivity index is 2.71. The fourth-order valence-corrected chi connectivity index (χ4v) is 2.44. The van der Waals surface area contributed by atoms with Crippen molar-refractivity contribution in [2.45, 2.75) is 3.79 Å². The van der Waals surface area contributed by atoms with Crippen LogP contribution in [0.5, 0.6) is 0 Å². The van der Waals surface area contributed by atoms with Gasteiger partial charge in [0.15, 0.2) is 6.20 Å². The minimum Gasteiger partial charge on any atom is -0.618 e. The topological polar surface area (TPSA) is 29.9 Å². The van der Waals surface area contributed by atoms with Gasteiger partial charge in [-0.25, -0.2) is 3.35 Å². The van der Waals surface area contributed by atoms with Gasteiger partial charge in [-0.05, 0) is 12.1 Å². The van der Waals surface area contributed by atoms with Gasteiger partial charge in [-0.1, -0.05) is 60.0 Å². The van der Waals surface area contributed by atoms with Crippen molar-refractivity contribution in [3.8, 4) is 11.3 Å². The quantitative estimate of drug-likeness (QED) is 0.352. The number of aromatic nitrogens is 1. The predicted molar refractivity (Wildman–Crippen MR) is 84.7 cm³/mol. The van der Waals surface area contributed by atoms with E-state index in [1.165, 1.54) is 6.20 Å². The Morgan fingerprint density at radius 1 is 1.20 bits per heavy atom. The summed E-state index contributed by atoms with van der Waals surface area (Å²) in [5.74, 6) is 0. The molecule has 0 aliphatic rings. The summed E-state index contributed by atoms with van der Waals surface area (Å²) >= 11 is 27.7. The van der Waals surface area contributed by atoms with E-state index in [-0.39, 0.29) is 0 Å². The van der Waals surface area contributed by atoms with Gasteiger partial charge in [-0.2, -0.15) is 4.73 Å². The fourth-order valence-electron chi connectivity index (χ4n) is 1.74. The van der Waals surface area contributed by atoms with Crippen LogP contribution in [0, 0.1) is 5.21 Å². The van der Waals surface area contributed by atoms with E-state index in [0.29, 0.717) is 27.2 Å².